The minimum absolute atomic E-state index is 0.0557. The Labute approximate surface area is 226 Å². The van der Waals surface area contributed by atoms with Gasteiger partial charge in [-0.1, -0.05) is 18.2 Å². The molecule has 3 heterocycles. The highest BCUT2D eigenvalue weighted by molar-refractivity contribution is 5.63. The molecule has 0 radical (unpaired) electrons. The number of rotatable bonds is 10. The fourth-order valence-electron chi connectivity index (χ4n) is 6.62. The maximum absolute atomic E-state index is 14.3. The van der Waals surface area contributed by atoms with E-state index in [2.05, 4.69) is 28.4 Å². The van der Waals surface area contributed by atoms with Crippen LogP contribution in [0.1, 0.15) is 85.8 Å². The van der Waals surface area contributed by atoms with Crippen LogP contribution in [0, 0.1) is 11.2 Å². The van der Waals surface area contributed by atoms with Crippen LogP contribution in [0.5, 0.6) is 0 Å². The Bertz CT molecular complexity index is 1120. The number of unbranched alkanes of at least 4 members (excludes halogenated alkanes) is 1. The van der Waals surface area contributed by atoms with Gasteiger partial charge in [-0.05, 0) is 110 Å². The van der Waals surface area contributed by atoms with E-state index < -0.39 is 6.04 Å². The van der Waals surface area contributed by atoms with Gasteiger partial charge in [0.25, 0.3) is 0 Å². The van der Waals surface area contributed by atoms with Crippen molar-refractivity contribution in [3.63, 3.8) is 0 Å². The summed E-state index contributed by atoms with van der Waals surface area (Å²) in [6.45, 7) is 4.06. The highest BCUT2D eigenvalue weighted by Crippen LogP contribution is 2.54. The van der Waals surface area contributed by atoms with Gasteiger partial charge in [-0.15, -0.1) is 0 Å². The molecular formula is C32H41FN2O3. The lowest BCUT2D eigenvalue weighted by Crippen LogP contribution is -2.31. The number of halogens is 1. The minimum Gasteiger partial charge on any atom is -0.385 e. The maximum atomic E-state index is 14.3. The summed E-state index contributed by atoms with van der Waals surface area (Å²) in [7, 11) is 0. The maximum Gasteiger partial charge on any atom is 0.141 e. The lowest BCUT2D eigenvalue weighted by molar-refractivity contribution is -0.112. The molecule has 1 N–H and O–H groups in total. The van der Waals surface area contributed by atoms with E-state index in [0.29, 0.717) is 12.0 Å². The molecule has 204 valence electrons. The predicted molar refractivity (Wildman–Crippen MR) is 147 cm³/mol. The van der Waals surface area contributed by atoms with Crippen molar-refractivity contribution in [2.75, 3.05) is 38.2 Å². The van der Waals surface area contributed by atoms with E-state index >= 15 is 0 Å². The number of fused-ring (bicyclic) bond motifs is 1. The summed E-state index contributed by atoms with van der Waals surface area (Å²) in [6, 6.07) is 11.3. The van der Waals surface area contributed by atoms with Gasteiger partial charge in [-0.25, -0.2) is 4.39 Å². The van der Waals surface area contributed by atoms with E-state index in [1.54, 1.807) is 6.07 Å². The molecule has 38 heavy (non-hydrogen) atoms. The second kappa shape index (κ2) is 11.4. The number of nitrogens with one attached hydrogen (secondary N) is 1. The van der Waals surface area contributed by atoms with E-state index in [1.807, 2.05) is 6.07 Å². The van der Waals surface area contributed by atoms with Gasteiger partial charge in [0.05, 0.1) is 24.9 Å². The second-order valence-electron chi connectivity index (χ2n) is 11.9. The Hall–Kier alpha value is -2.28. The van der Waals surface area contributed by atoms with Crippen LogP contribution >= 0.6 is 0 Å². The number of benzene rings is 2. The number of anilines is 1. The quantitative estimate of drug-likeness (QED) is 0.300. The Kier molecular flexibility index (Phi) is 7.82. The van der Waals surface area contributed by atoms with Gasteiger partial charge < -0.3 is 19.6 Å². The third kappa shape index (κ3) is 5.83. The third-order valence-electron chi connectivity index (χ3n) is 9.22. The van der Waals surface area contributed by atoms with Crippen molar-refractivity contribution in [1.29, 1.82) is 0 Å². The first-order valence-corrected chi connectivity index (χ1v) is 14.7. The monoisotopic (exact) mass is 520 g/mol. The zero-order valence-corrected chi connectivity index (χ0v) is 22.4. The number of hydrogen-bond donors (Lipinski definition) is 1. The predicted octanol–water partition coefficient (Wildman–Crippen LogP) is 6.17. The molecule has 3 atom stereocenters. The average molecular weight is 521 g/mol. The zero-order valence-electron chi connectivity index (χ0n) is 22.4. The SMILES string of the molecule is O=C[C@H](c1cc(F)ccc1[C@@H]1CCC2(CC2)CO1)N1CC[C@@H](OCCCCc2ccc3c(c2)NCCC3)C1. The van der Waals surface area contributed by atoms with Crippen LogP contribution < -0.4 is 5.32 Å². The van der Waals surface area contributed by atoms with Gasteiger partial charge in [-0.3, -0.25) is 4.90 Å². The Morgan fingerprint density at radius 1 is 1.16 bits per heavy atom. The van der Waals surface area contributed by atoms with E-state index in [4.69, 9.17) is 9.47 Å². The van der Waals surface area contributed by atoms with Crippen molar-refractivity contribution in [2.24, 2.45) is 5.41 Å². The molecule has 1 spiro atoms. The summed E-state index contributed by atoms with van der Waals surface area (Å²) >= 11 is 0. The molecule has 0 amide bonds. The molecule has 6 heteroatoms. The summed E-state index contributed by atoms with van der Waals surface area (Å²) in [6.07, 6.45) is 12.1. The van der Waals surface area contributed by atoms with Crippen LogP contribution in [-0.4, -0.2) is 50.1 Å². The zero-order chi connectivity index (χ0) is 26.0. The van der Waals surface area contributed by atoms with Crippen molar-refractivity contribution >= 4 is 12.0 Å². The van der Waals surface area contributed by atoms with E-state index in [0.717, 1.165) is 82.2 Å². The summed E-state index contributed by atoms with van der Waals surface area (Å²) in [5, 5.41) is 3.52. The summed E-state index contributed by atoms with van der Waals surface area (Å²) in [5.41, 5.74) is 6.27. The molecule has 1 saturated carbocycles. The Balaban J connectivity index is 0.995. The van der Waals surface area contributed by atoms with Gasteiger partial charge in [0.2, 0.25) is 0 Å². The molecule has 0 bridgehead atoms. The number of aldehydes is 1. The van der Waals surface area contributed by atoms with Gasteiger partial charge in [0.15, 0.2) is 0 Å². The lowest BCUT2D eigenvalue weighted by atomic mass is 9.88. The van der Waals surface area contributed by atoms with Crippen LogP contribution in [0.3, 0.4) is 0 Å². The number of carbonyl (C=O) groups excluding carboxylic acids is 1. The summed E-state index contributed by atoms with van der Waals surface area (Å²) in [5.74, 6) is -0.299. The second-order valence-corrected chi connectivity index (χ2v) is 11.9. The first kappa shape index (κ1) is 26.0. The molecule has 2 aromatic rings. The molecule has 6 rings (SSSR count). The highest BCUT2D eigenvalue weighted by Gasteiger charge is 2.46. The van der Waals surface area contributed by atoms with Crippen LogP contribution in [0.2, 0.25) is 0 Å². The highest BCUT2D eigenvalue weighted by atomic mass is 19.1. The molecule has 5 nitrogen and oxygen atoms in total. The number of aryl methyl sites for hydroxylation is 2. The van der Waals surface area contributed by atoms with E-state index in [9.17, 15) is 9.18 Å². The molecule has 4 aliphatic rings. The summed E-state index contributed by atoms with van der Waals surface area (Å²) < 4.78 is 26.8. The van der Waals surface area contributed by atoms with Gasteiger partial charge >= 0.3 is 0 Å². The van der Waals surface area contributed by atoms with Crippen LogP contribution in [0.25, 0.3) is 0 Å². The van der Waals surface area contributed by atoms with Crippen LogP contribution in [0.4, 0.5) is 10.1 Å². The summed E-state index contributed by atoms with van der Waals surface area (Å²) in [4.78, 5) is 14.5. The largest absolute Gasteiger partial charge is 0.385 e. The molecule has 0 aromatic heterocycles. The average Bonchev–Trinajstić information content (AvgIpc) is 3.53. The molecule has 1 aliphatic carbocycles. The van der Waals surface area contributed by atoms with Gasteiger partial charge in [0.1, 0.15) is 12.1 Å². The van der Waals surface area contributed by atoms with Crippen molar-refractivity contribution < 1.29 is 18.7 Å². The van der Waals surface area contributed by atoms with Crippen molar-refractivity contribution in [1.82, 2.24) is 4.90 Å². The van der Waals surface area contributed by atoms with E-state index in [-0.39, 0.29) is 18.0 Å². The van der Waals surface area contributed by atoms with E-state index in [1.165, 1.54) is 48.6 Å². The standard InChI is InChI=1S/C32H41FN2O3/c33-25-8-9-27(31-10-12-32(13-14-32)22-38-31)28(19-25)30(21-36)35-16-11-26(20-35)37-17-2-1-4-23-6-7-24-5-3-15-34-29(24)18-23/h6-9,18-19,21,26,30-31,34H,1-5,10-17,20,22H2/t26-,30-,31+/m1/s1. The first-order chi connectivity index (χ1) is 18.6. The first-order valence-electron chi connectivity index (χ1n) is 14.7. The smallest absolute Gasteiger partial charge is 0.141 e. The molecule has 0 unspecified atom stereocenters. The van der Waals surface area contributed by atoms with Crippen molar-refractivity contribution in [3.05, 3.63) is 64.5 Å². The number of hydrogen-bond acceptors (Lipinski definition) is 5. The minimum atomic E-state index is -0.465. The van der Waals surface area contributed by atoms with Crippen molar-refractivity contribution in [3.8, 4) is 0 Å². The third-order valence-corrected chi connectivity index (χ3v) is 9.22. The normalized spacial score (nSPS) is 25.1. The van der Waals surface area contributed by atoms with Gasteiger partial charge in [0, 0.05) is 31.9 Å². The lowest BCUT2D eigenvalue weighted by Gasteiger charge is -2.33. The number of carbonyl (C=O) groups is 1. The van der Waals surface area contributed by atoms with Crippen LogP contribution in [-0.2, 0) is 27.1 Å². The molecule has 2 saturated heterocycles. The molecular weight excluding hydrogens is 479 g/mol. The van der Waals surface area contributed by atoms with Crippen LogP contribution in [0.15, 0.2) is 36.4 Å². The fourth-order valence-corrected chi connectivity index (χ4v) is 6.62. The number of nitrogens with zero attached hydrogens (tertiary/aromatic N) is 1. The topological polar surface area (TPSA) is 50.8 Å². The number of ether oxygens (including phenoxy) is 2. The molecule has 3 aliphatic heterocycles. The fraction of sp³-hybridized carbons (Fsp3) is 0.594. The number of likely N-dealkylation sites (tertiary alicyclic amines) is 1. The van der Waals surface area contributed by atoms with Crippen molar-refractivity contribution in [2.45, 2.75) is 82.5 Å². The molecule has 2 aromatic carbocycles. The Morgan fingerprint density at radius 3 is 2.89 bits per heavy atom. The molecule has 3 fully saturated rings. The Morgan fingerprint density at radius 2 is 2.08 bits per heavy atom. The van der Waals surface area contributed by atoms with Gasteiger partial charge in [-0.2, -0.15) is 0 Å².